The number of benzene rings is 1. The van der Waals surface area contributed by atoms with Gasteiger partial charge in [-0.1, -0.05) is 41.1 Å². The van der Waals surface area contributed by atoms with Gasteiger partial charge in [-0.15, -0.1) is 10.2 Å². The van der Waals surface area contributed by atoms with E-state index in [0.29, 0.717) is 5.92 Å². The highest BCUT2D eigenvalue weighted by molar-refractivity contribution is 7.98. The van der Waals surface area contributed by atoms with E-state index in [1.165, 1.54) is 29.5 Å². The first-order valence-corrected chi connectivity index (χ1v) is 7.71. The number of hydrogen-bond acceptors (Lipinski definition) is 3. The van der Waals surface area contributed by atoms with Crippen LogP contribution in [-0.2, 0) is 12.8 Å². The third kappa shape index (κ3) is 2.84. The Labute approximate surface area is 118 Å². The summed E-state index contributed by atoms with van der Waals surface area (Å²) in [5.41, 5.74) is 4.01. The SMILES string of the molecule is Cc1cc(C)cc(CSc2nnc(C3CC3)n2C)c1. The van der Waals surface area contributed by atoms with E-state index in [0.717, 1.165) is 16.7 Å². The molecule has 100 valence electrons. The maximum atomic E-state index is 4.32. The average molecular weight is 273 g/mol. The normalized spacial score (nSPS) is 14.9. The molecule has 1 heterocycles. The van der Waals surface area contributed by atoms with Crippen molar-refractivity contribution in [1.29, 1.82) is 0 Å². The Kier molecular flexibility index (Phi) is 3.35. The summed E-state index contributed by atoms with van der Waals surface area (Å²) in [5, 5.41) is 9.66. The van der Waals surface area contributed by atoms with Crippen molar-refractivity contribution < 1.29 is 0 Å². The molecule has 0 atom stereocenters. The van der Waals surface area contributed by atoms with Gasteiger partial charge in [0.15, 0.2) is 5.16 Å². The highest BCUT2D eigenvalue weighted by Gasteiger charge is 2.29. The van der Waals surface area contributed by atoms with Gasteiger partial charge >= 0.3 is 0 Å². The van der Waals surface area contributed by atoms with E-state index >= 15 is 0 Å². The monoisotopic (exact) mass is 273 g/mol. The summed E-state index contributed by atoms with van der Waals surface area (Å²) in [6.07, 6.45) is 2.54. The molecule has 0 N–H and O–H groups in total. The van der Waals surface area contributed by atoms with Gasteiger partial charge in [0, 0.05) is 18.7 Å². The Morgan fingerprint density at radius 1 is 1.16 bits per heavy atom. The van der Waals surface area contributed by atoms with E-state index in [9.17, 15) is 0 Å². The number of aryl methyl sites for hydroxylation is 2. The fourth-order valence-electron chi connectivity index (χ4n) is 2.45. The molecule has 1 aromatic carbocycles. The maximum absolute atomic E-state index is 4.32. The van der Waals surface area contributed by atoms with Crippen molar-refractivity contribution in [2.24, 2.45) is 7.05 Å². The van der Waals surface area contributed by atoms with Gasteiger partial charge in [-0.05, 0) is 32.3 Å². The molecule has 1 aromatic heterocycles. The van der Waals surface area contributed by atoms with Crippen LogP contribution in [0.4, 0.5) is 0 Å². The second kappa shape index (κ2) is 5.00. The Bertz CT molecular complexity index is 579. The molecule has 1 fully saturated rings. The summed E-state index contributed by atoms with van der Waals surface area (Å²) in [6.45, 7) is 4.30. The van der Waals surface area contributed by atoms with E-state index in [4.69, 9.17) is 0 Å². The third-order valence-electron chi connectivity index (χ3n) is 3.46. The molecule has 0 bridgehead atoms. The topological polar surface area (TPSA) is 30.7 Å². The molecule has 3 rings (SSSR count). The Hall–Kier alpha value is -1.29. The van der Waals surface area contributed by atoms with Gasteiger partial charge in [0.05, 0.1) is 0 Å². The molecular formula is C15H19N3S. The lowest BCUT2D eigenvalue weighted by atomic mass is 10.1. The molecule has 1 saturated carbocycles. The zero-order valence-electron chi connectivity index (χ0n) is 11.7. The second-order valence-electron chi connectivity index (χ2n) is 5.46. The largest absolute Gasteiger partial charge is 0.309 e. The van der Waals surface area contributed by atoms with E-state index < -0.39 is 0 Å². The molecule has 0 amide bonds. The Balaban J connectivity index is 1.71. The van der Waals surface area contributed by atoms with Gasteiger partial charge in [0.25, 0.3) is 0 Å². The summed E-state index contributed by atoms with van der Waals surface area (Å²) in [4.78, 5) is 0. The molecule has 0 saturated heterocycles. The molecule has 19 heavy (non-hydrogen) atoms. The van der Waals surface area contributed by atoms with Crippen LogP contribution in [0.1, 0.15) is 41.3 Å². The maximum Gasteiger partial charge on any atom is 0.191 e. The average Bonchev–Trinajstić information content (AvgIpc) is 3.11. The molecule has 4 heteroatoms. The van der Waals surface area contributed by atoms with Crippen molar-refractivity contribution >= 4 is 11.8 Å². The first-order valence-electron chi connectivity index (χ1n) is 6.73. The van der Waals surface area contributed by atoms with Gasteiger partial charge in [0.1, 0.15) is 5.82 Å². The fraction of sp³-hybridized carbons (Fsp3) is 0.467. The van der Waals surface area contributed by atoms with E-state index in [1.54, 1.807) is 11.8 Å². The predicted octanol–water partition coefficient (Wildman–Crippen LogP) is 3.60. The zero-order chi connectivity index (χ0) is 13.4. The smallest absolute Gasteiger partial charge is 0.191 e. The van der Waals surface area contributed by atoms with Crippen LogP contribution in [0, 0.1) is 13.8 Å². The number of aromatic nitrogens is 3. The molecule has 1 aliphatic carbocycles. The number of rotatable bonds is 4. The van der Waals surface area contributed by atoms with E-state index in [-0.39, 0.29) is 0 Å². The zero-order valence-corrected chi connectivity index (χ0v) is 12.5. The highest BCUT2D eigenvalue weighted by atomic mass is 32.2. The van der Waals surface area contributed by atoms with Crippen LogP contribution in [0.3, 0.4) is 0 Å². The van der Waals surface area contributed by atoms with E-state index in [2.05, 4.69) is 53.9 Å². The van der Waals surface area contributed by atoms with Gasteiger partial charge in [-0.2, -0.15) is 0 Å². The number of hydrogen-bond donors (Lipinski definition) is 0. The highest BCUT2D eigenvalue weighted by Crippen LogP contribution is 2.39. The van der Waals surface area contributed by atoms with Crippen molar-refractivity contribution in [3.63, 3.8) is 0 Å². The van der Waals surface area contributed by atoms with Gasteiger partial charge in [-0.25, -0.2) is 0 Å². The minimum Gasteiger partial charge on any atom is -0.309 e. The molecule has 1 aliphatic rings. The summed E-state index contributed by atoms with van der Waals surface area (Å²) >= 11 is 1.77. The van der Waals surface area contributed by atoms with Crippen LogP contribution < -0.4 is 0 Å². The summed E-state index contributed by atoms with van der Waals surface area (Å²) in [6, 6.07) is 6.71. The van der Waals surface area contributed by atoms with Gasteiger partial charge in [-0.3, -0.25) is 0 Å². The molecule has 3 nitrogen and oxygen atoms in total. The molecular weight excluding hydrogens is 254 g/mol. The molecule has 0 unspecified atom stereocenters. The van der Waals surface area contributed by atoms with Gasteiger partial charge in [0.2, 0.25) is 0 Å². The Morgan fingerprint density at radius 2 is 1.84 bits per heavy atom. The van der Waals surface area contributed by atoms with Crippen molar-refractivity contribution in [3.8, 4) is 0 Å². The van der Waals surface area contributed by atoms with Crippen LogP contribution in [0.15, 0.2) is 23.4 Å². The van der Waals surface area contributed by atoms with Crippen LogP contribution in [-0.4, -0.2) is 14.8 Å². The standard InChI is InChI=1S/C15H19N3S/c1-10-6-11(2)8-12(7-10)9-19-15-17-16-14(18(15)3)13-4-5-13/h6-8,13H,4-5,9H2,1-3H3. The molecule has 2 aromatic rings. The number of nitrogens with zero attached hydrogens (tertiary/aromatic N) is 3. The lowest BCUT2D eigenvalue weighted by Crippen LogP contribution is -1.97. The third-order valence-corrected chi connectivity index (χ3v) is 4.55. The minimum absolute atomic E-state index is 0.660. The van der Waals surface area contributed by atoms with Crippen molar-refractivity contribution in [2.45, 2.75) is 43.5 Å². The summed E-state index contributed by atoms with van der Waals surface area (Å²) in [7, 11) is 2.08. The predicted molar refractivity (Wildman–Crippen MR) is 78.5 cm³/mol. The van der Waals surface area contributed by atoms with Crippen molar-refractivity contribution in [3.05, 3.63) is 40.7 Å². The first-order chi connectivity index (χ1) is 9.13. The lowest BCUT2D eigenvalue weighted by Gasteiger charge is -2.05. The quantitative estimate of drug-likeness (QED) is 0.797. The Morgan fingerprint density at radius 3 is 2.47 bits per heavy atom. The number of thioether (sulfide) groups is 1. The van der Waals surface area contributed by atoms with Crippen LogP contribution in [0.2, 0.25) is 0 Å². The minimum atomic E-state index is 0.660. The fourth-order valence-corrected chi connectivity index (χ4v) is 3.30. The van der Waals surface area contributed by atoms with Crippen molar-refractivity contribution in [2.75, 3.05) is 0 Å². The van der Waals surface area contributed by atoms with E-state index in [1.807, 2.05) is 0 Å². The summed E-state index contributed by atoms with van der Waals surface area (Å²) in [5.74, 6) is 2.77. The molecule has 0 radical (unpaired) electrons. The van der Waals surface area contributed by atoms with Crippen LogP contribution in [0.25, 0.3) is 0 Å². The lowest BCUT2D eigenvalue weighted by molar-refractivity contribution is 0.736. The first kappa shape index (κ1) is 12.7. The van der Waals surface area contributed by atoms with Gasteiger partial charge < -0.3 is 4.57 Å². The van der Waals surface area contributed by atoms with Crippen molar-refractivity contribution in [1.82, 2.24) is 14.8 Å². The summed E-state index contributed by atoms with van der Waals surface area (Å²) < 4.78 is 2.16. The molecule has 0 aliphatic heterocycles. The van der Waals surface area contributed by atoms with Crippen LogP contribution >= 0.6 is 11.8 Å². The van der Waals surface area contributed by atoms with Crippen LogP contribution in [0.5, 0.6) is 0 Å². The molecule has 0 spiro atoms. The second-order valence-corrected chi connectivity index (χ2v) is 6.40.